The summed E-state index contributed by atoms with van der Waals surface area (Å²) in [6, 6.07) is 16.4. The van der Waals surface area contributed by atoms with E-state index < -0.39 is 0 Å². The van der Waals surface area contributed by atoms with Gasteiger partial charge in [-0.25, -0.2) is 0 Å². The summed E-state index contributed by atoms with van der Waals surface area (Å²) in [6.45, 7) is 2.38. The Hall–Kier alpha value is -2.73. The lowest BCUT2D eigenvalue weighted by Crippen LogP contribution is -2.35. The van der Waals surface area contributed by atoms with E-state index in [0.29, 0.717) is 17.8 Å². The molecule has 24 heavy (non-hydrogen) atoms. The highest BCUT2D eigenvalue weighted by Gasteiger charge is 2.12. The molecule has 0 bridgehead atoms. The molecule has 0 aliphatic heterocycles. The Morgan fingerprint density at radius 2 is 1.67 bits per heavy atom. The van der Waals surface area contributed by atoms with Gasteiger partial charge >= 0.3 is 0 Å². The van der Waals surface area contributed by atoms with Crippen molar-refractivity contribution in [3.05, 3.63) is 65.7 Å². The Bertz CT molecular complexity index is 732. The van der Waals surface area contributed by atoms with Crippen LogP contribution in [0.25, 0.3) is 0 Å². The summed E-state index contributed by atoms with van der Waals surface area (Å²) in [5.41, 5.74) is 1.92. The number of carbonyl (C=O) groups excluding carboxylic acids is 2. The van der Waals surface area contributed by atoms with Gasteiger partial charge in [0.25, 0.3) is 5.91 Å². The molecule has 0 heterocycles. The van der Waals surface area contributed by atoms with Crippen molar-refractivity contribution in [2.75, 3.05) is 11.9 Å². The molecule has 0 atom stereocenters. The monoisotopic (exact) mass is 341 g/mol. The van der Waals surface area contributed by atoms with Crippen LogP contribution in [-0.2, 0) is 11.2 Å². The van der Waals surface area contributed by atoms with Crippen LogP contribution in [0.15, 0.2) is 54.6 Å². The van der Waals surface area contributed by atoms with Gasteiger partial charge in [0.2, 0.25) is 5.91 Å². The first-order valence-corrected chi connectivity index (χ1v) is 8.03. The molecule has 0 unspecified atom stereocenters. The van der Waals surface area contributed by atoms with Crippen LogP contribution in [0.3, 0.4) is 0 Å². The number of nitrogens with one attached hydrogen (secondary N) is 3. The minimum atomic E-state index is -0.214. The van der Waals surface area contributed by atoms with Crippen LogP contribution >= 0.6 is 12.2 Å². The zero-order chi connectivity index (χ0) is 17.4. The molecule has 0 saturated carbocycles. The maximum absolute atomic E-state index is 12.0. The minimum absolute atomic E-state index is 0.160. The van der Waals surface area contributed by atoms with E-state index in [1.807, 2.05) is 37.3 Å². The van der Waals surface area contributed by atoms with Gasteiger partial charge in [0.15, 0.2) is 5.11 Å². The highest BCUT2D eigenvalue weighted by Crippen LogP contribution is 2.14. The molecule has 0 aliphatic rings. The fourth-order valence-corrected chi connectivity index (χ4v) is 2.38. The summed E-state index contributed by atoms with van der Waals surface area (Å²) in [5.74, 6) is -0.409. The quantitative estimate of drug-likeness (QED) is 0.731. The van der Waals surface area contributed by atoms with Gasteiger partial charge in [0.1, 0.15) is 0 Å². The van der Waals surface area contributed by atoms with Gasteiger partial charge in [-0.1, -0.05) is 42.5 Å². The molecule has 124 valence electrons. The molecule has 5 nitrogen and oxygen atoms in total. The van der Waals surface area contributed by atoms with Crippen LogP contribution in [-0.4, -0.2) is 23.5 Å². The molecular formula is C18H19N3O2S. The Balaban J connectivity index is 1.97. The fourth-order valence-electron chi connectivity index (χ4n) is 2.15. The first-order chi connectivity index (χ1) is 11.6. The molecule has 2 aromatic carbocycles. The molecule has 2 amide bonds. The number of benzene rings is 2. The summed E-state index contributed by atoms with van der Waals surface area (Å²) < 4.78 is 0. The third kappa shape index (κ3) is 5.17. The average Bonchev–Trinajstić information content (AvgIpc) is 2.56. The maximum Gasteiger partial charge on any atom is 0.253 e. The molecule has 0 saturated heterocycles. The Morgan fingerprint density at radius 1 is 1.00 bits per heavy atom. The van der Waals surface area contributed by atoms with Crippen molar-refractivity contribution >= 4 is 34.8 Å². The normalized spacial score (nSPS) is 9.88. The third-order valence-electron chi connectivity index (χ3n) is 3.22. The van der Waals surface area contributed by atoms with Crippen molar-refractivity contribution in [2.45, 2.75) is 13.3 Å². The minimum Gasteiger partial charge on any atom is -0.352 e. The summed E-state index contributed by atoms with van der Waals surface area (Å²) >= 11 is 5.16. The highest BCUT2D eigenvalue weighted by molar-refractivity contribution is 7.80. The molecule has 0 aliphatic carbocycles. The summed E-state index contributed by atoms with van der Waals surface area (Å²) in [4.78, 5) is 24.0. The van der Waals surface area contributed by atoms with Crippen molar-refractivity contribution in [3.8, 4) is 0 Å². The van der Waals surface area contributed by atoms with Gasteiger partial charge in [0.05, 0.1) is 17.7 Å². The van der Waals surface area contributed by atoms with Crippen LogP contribution in [0, 0.1) is 0 Å². The van der Waals surface area contributed by atoms with Crippen LogP contribution in [0.5, 0.6) is 0 Å². The lowest BCUT2D eigenvalue weighted by atomic mass is 10.1. The van der Waals surface area contributed by atoms with E-state index in [-0.39, 0.29) is 23.3 Å². The number of amides is 2. The topological polar surface area (TPSA) is 70.2 Å². The lowest BCUT2D eigenvalue weighted by Gasteiger charge is -2.13. The van der Waals surface area contributed by atoms with E-state index >= 15 is 0 Å². The second-order valence-corrected chi connectivity index (χ2v) is 5.48. The fraction of sp³-hybridized carbons (Fsp3) is 0.167. The van der Waals surface area contributed by atoms with E-state index in [1.165, 1.54) is 0 Å². The maximum atomic E-state index is 12.0. The van der Waals surface area contributed by atoms with Gasteiger partial charge in [-0.15, -0.1) is 0 Å². The summed E-state index contributed by atoms with van der Waals surface area (Å²) in [6.07, 6.45) is 0.237. The number of thiocarbonyl (C=S) groups is 1. The van der Waals surface area contributed by atoms with Crippen LogP contribution in [0.1, 0.15) is 22.8 Å². The second kappa shape index (κ2) is 8.79. The Kier molecular flexibility index (Phi) is 6.45. The summed E-state index contributed by atoms with van der Waals surface area (Å²) in [5, 5.41) is 8.43. The molecule has 2 rings (SSSR count). The van der Waals surface area contributed by atoms with Crippen LogP contribution < -0.4 is 16.0 Å². The zero-order valence-corrected chi connectivity index (χ0v) is 14.2. The van der Waals surface area contributed by atoms with E-state index in [0.717, 1.165) is 5.56 Å². The molecule has 3 N–H and O–H groups in total. The molecular weight excluding hydrogens is 322 g/mol. The predicted octanol–water partition coefficient (Wildman–Crippen LogP) is 2.49. The van der Waals surface area contributed by atoms with Crippen molar-refractivity contribution in [1.29, 1.82) is 0 Å². The molecule has 0 radical (unpaired) electrons. The first-order valence-electron chi connectivity index (χ1n) is 7.62. The molecule has 0 spiro atoms. The number of hydrogen-bond donors (Lipinski definition) is 3. The van der Waals surface area contributed by atoms with Gasteiger partial charge < -0.3 is 16.0 Å². The highest BCUT2D eigenvalue weighted by atomic mass is 32.1. The Labute approximate surface area is 146 Å². The molecule has 0 aromatic heterocycles. The number of hydrogen-bond acceptors (Lipinski definition) is 3. The Morgan fingerprint density at radius 3 is 2.38 bits per heavy atom. The van der Waals surface area contributed by atoms with Crippen LogP contribution in [0.2, 0.25) is 0 Å². The SMILES string of the molecule is CCNC(=O)c1ccccc1NC(=S)NC(=O)Cc1ccccc1. The average molecular weight is 341 g/mol. The van der Waals surface area contributed by atoms with Crippen molar-refractivity contribution < 1.29 is 9.59 Å². The zero-order valence-electron chi connectivity index (χ0n) is 13.3. The second-order valence-electron chi connectivity index (χ2n) is 5.07. The number of rotatable bonds is 5. The van der Waals surface area contributed by atoms with E-state index in [2.05, 4.69) is 16.0 Å². The molecule has 6 heteroatoms. The molecule has 2 aromatic rings. The number of anilines is 1. The van der Waals surface area contributed by atoms with E-state index in [1.54, 1.807) is 24.3 Å². The molecule has 0 fully saturated rings. The van der Waals surface area contributed by atoms with E-state index in [4.69, 9.17) is 12.2 Å². The third-order valence-corrected chi connectivity index (χ3v) is 3.42. The first kappa shape index (κ1) is 17.6. The van der Waals surface area contributed by atoms with Gasteiger partial charge in [-0.05, 0) is 36.8 Å². The van der Waals surface area contributed by atoms with Crippen LogP contribution in [0.4, 0.5) is 5.69 Å². The lowest BCUT2D eigenvalue weighted by molar-refractivity contribution is -0.119. The predicted molar refractivity (Wildman–Crippen MR) is 99.0 cm³/mol. The van der Waals surface area contributed by atoms with Gasteiger partial charge in [0, 0.05) is 6.54 Å². The van der Waals surface area contributed by atoms with Crippen molar-refractivity contribution in [3.63, 3.8) is 0 Å². The largest absolute Gasteiger partial charge is 0.352 e. The number of carbonyl (C=O) groups is 2. The van der Waals surface area contributed by atoms with Crippen molar-refractivity contribution in [1.82, 2.24) is 10.6 Å². The van der Waals surface area contributed by atoms with Crippen molar-refractivity contribution in [2.24, 2.45) is 0 Å². The van der Waals surface area contributed by atoms with E-state index in [9.17, 15) is 9.59 Å². The number of para-hydroxylation sites is 1. The smallest absolute Gasteiger partial charge is 0.253 e. The summed E-state index contributed by atoms with van der Waals surface area (Å²) in [7, 11) is 0. The van der Waals surface area contributed by atoms with Gasteiger partial charge in [-0.3, -0.25) is 9.59 Å². The van der Waals surface area contributed by atoms with Gasteiger partial charge in [-0.2, -0.15) is 0 Å². The standard InChI is InChI=1S/C18H19N3O2S/c1-2-19-17(23)14-10-6-7-11-15(14)20-18(24)21-16(22)12-13-8-4-3-5-9-13/h3-11H,2,12H2,1H3,(H,19,23)(H2,20,21,22,24).